The SMILES string of the molecule is CCCCC(CCCC)OP(C)(=O)F. The predicted octanol–water partition coefficient (Wildman–Crippen LogP) is 4.54. The van der Waals surface area contributed by atoms with E-state index >= 15 is 0 Å². The van der Waals surface area contributed by atoms with E-state index in [1.165, 1.54) is 0 Å². The average molecular weight is 224 g/mol. The fourth-order valence-electron chi connectivity index (χ4n) is 1.38. The summed E-state index contributed by atoms with van der Waals surface area (Å²) in [7, 11) is -3.80. The fourth-order valence-corrected chi connectivity index (χ4v) is 2.12. The van der Waals surface area contributed by atoms with Gasteiger partial charge in [-0.15, -0.1) is 0 Å². The van der Waals surface area contributed by atoms with Crippen LogP contribution in [0, 0.1) is 0 Å². The third-order valence-electron chi connectivity index (χ3n) is 2.10. The summed E-state index contributed by atoms with van der Waals surface area (Å²) in [6, 6.07) is 0. The molecule has 0 fully saturated rings. The molecule has 86 valence electrons. The van der Waals surface area contributed by atoms with E-state index in [-0.39, 0.29) is 6.10 Å². The summed E-state index contributed by atoms with van der Waals surface area (Å²) in [4.78, 5) is 0. The van der Waals surface area contributed by atoms with Gasteiger partial charge < -0.3 is 4.52 Å². The maximum Gasteiger partial charge on any atom is 0.364 e. The maximum absolute atomic E-state index is 12.8. The van der Waals surface area contributed by atoms with Crippen LogP contribution in [0.4, 0.5) is 4.20 Å². The molecule has 0 spiro atoms. The molecule has 0 aromatic rings. The van der Waals surface area contributed by atoms with Crippen molar-refractivity contribution in [3.63, 3.8) is 0 Å². The quantitative estimate of drug-likeness (QED) is 0.565. The lowest BCUT2D eigenvalue weighted by molar-refractivity contribution is 0.166. The van der Waals surface area contributed by atoms with Crippen LogP contribution < -0.4 is 0 Å². The van der Waals surface area contributed by atoms with Gasteiger partial charge in [0, 0.05) is 6.66 Å². The first kappa shape index (κ1) is 14.1. The molecule has 0 heterocycles. The Morgan fingerprint density at radius 1 is 1.21 bits per heavy atom. The van der Waals surface area contributed by atoms with Crippen LogP contribution in [0.3, 0.4) is 0 Å². The largest absolute Gasteiger partial charge is 0.364 e. The van der Waals surface area contributed by atoms with Gasteiger partial charge in [-0.1, -0.05) is 39.5 Å². The number of halogens is 1. The molecular weight excluding hydrogens is 202 g/mol. The van der Waals surface area contributed by atoms with E-state index in [1.54, 1.807) is 0 Å². The van der Waals surface area contributed by atoms with Gasteiger partial charge in [0.05, 0.1) is 6.10 Å². The van der Waals surface area contributed by atoms with Gasteiger partial charge in [-0.2, -0.15) is 4.20 Å². The zero-order valence-electron chi connectivity index (χ0n) is 9.46. The minimum atomic E-state index is -3.80. The second kappa shape index (κ2) is 7.42. The Bertz CT molecular complexity index is 171. The molecule has 0 aromatic carbocycles. The van der Waals surface area contributed by atoms with E-state index in [9.17, 15) is 8.76 Å². The lowest BCUT2D eigenvalue weighted by Crippen LogP contribution is -2.10. The van der Waals surface area contributed by atoms with Crippen molar-refractivity contribution in [2.24, 2.45) is 0 Å². The van der Waals surface area contributed by atoms with Gasteiger partial charge in [0.2, 0.25) is 0 Å². The number of hydrogen-bond acceptors (Lipinski definition) is 2. The van der Waals surface area contributed by atoms with Crippen molar-refractivity contribution in [3.8, 4) is 0 Å². The zero-order chi connectivity index (χ0) is 11.0. The molecule has 0 radical (unpaired) electrons. The molecular formula is C10H22FO2P. The second-order valence-electron chi connectivity index (χ2n) is 3.76. The summed E-state index contributed by atoms with van der Waals surface area (Å²) in [6.07, 6.45) is 5.62. The molecule has 0 bridgehead atoms. The first-order chi connectivity index (χ1) is 6.49. The summed E-state index contributed by atoms with van der Waals surface area (Å²) in [6.45, 7) is 5.20. The van der Waals surface area contributed by atoms with E-state index < -0.39 is 7.68 Å². The molecule has 1 atom stereocenters. The minimum Gasteiger partial charge on any atom is -0.302 e. The highest BCUT2D eigenvalue weighted by molar-refractivity contribution is 7.52. The molecule has 14 heavy (non-hydrogen) atoms. The first-order valence-electron chi connectivity index (χ1n) is 5.45. The number of rotatable bonds is 8. The number of hydrogen-bond donors (Lipinski definition) is 0. The normalized spacial score (nSPS) is 15.8. The lowest BCUT2D eigenvalue weighted by atomic mass is 10.1. The molecule has 0 saturated carbocycles. The highest BCUT2D eigenvalue weighted by Crippen LogP contribution is 2.46. The van der Waals surface area contributed by atoms with E-state index in [0.29, 0.717) is 0 Å². The Balaban J connectivity index is 3.90. The lowest BCUT2D eigenvalue weighted by Gasteiger charge is -2.17. The molecule has 0 aromatic heterocycles. The highest BCUT2D eigenvalue weighted by Gasteiger charge is 2.20. The van der Waals surface area contributed by atoms with Crippen molar-refractivity contribution in [2.75, 3.05) is 6.66 Å². The van der Waals surface area contributed by atoms with Crippen LogP contribution in [-0.2, 0) is 9.09 Å². The monoisotopic (exact) mass is 224 g/mol. The third-order valence-corrected chi connectivity index (χ3v) is 2.77. The van der Waals surface area contributed by atoms with Crippen LogP contribution in [0.1, 0.15) is 52.4 Å². The topological polar surface area (TPSA) is 26.3 Å². The van der Waals surface area contributed by atoms with Crippen LogP contribution >= 0.6 is 7.68 Å². The molecule has 0 aliphatic carbocycles. The summed E-state index contributed by atoms with van der Waals surface area (Å²) in [5, 5.41) is 0. The Morgan fingerprint density at radius 2 is 1.64 bits per heavy atom. The molecule has 4 heteroatoms. The average Bonchev–Trinajstić information content (AvgIpc) is 2.07. The van der Waals surface area contributed by atoms with Crippen molar-refractivity contribution in [1.82, 2.24) is 0 Å². The van der Waals surface area contributed by atoms with Crippen LogP contribution in [-0.4, -0.2) is 12.8 Å². The van der Waals surface area contributed by atoms with Gasteiger partial charge in [-0.05, 0) is 12.8 Å². The van der Waals surface area contributed by atoms with Gasteiger partial charge in [0.15, 0.2) is 0 Å². The van der Waals surface area contributed by atoms with Crippen LogP contribution in [0.2, 0.25) is 0 Å². The number of unbranched alkanes of at least 4 members (excludes halogenated alkanes) is 2. The van der Waals surface area contributed by atoms with Gasteiger partial charge in [-0.25, -0.2) is 0 Å². The molecule has 1 unspecified atom stereocenters. The third kappa shape index (κ3) is 8.71. The summed E-state index contributed by atoms with van der Waals surface area (Å²) in [5.41, 5.74) is 0. The van der Waals surface area contributed by atoms with Crippen molar-refractivity contribution in [1.29, 1.82) is 0 Å². The Morgan fingerprint density at radius 3 is 1.93 bits per heavy atom. The smallest absolute Gasteiger partial charge is 0.302 e. The van der Waals surface area contributed by atoms with Gasteiger partial charge >= 0.3 is 7.68 Å². The van der Waals surface area contributed by atoms with Gasteiger partial charge in [0.25, 0.3) is 0 Å². The minimum absolute atomic E-state index is 0.157. The Labute approximate surface area is 86.8 Å². The Kier molecular flexibility index (Phi) is 7.48. The molecule has 0 saturated heterocycles. The second-order valence-corrected chi connectivity index (χ2v) is 5.46. The summed E-state index contributed by atoms with van der Waals surface area (Å²) >= 11 is 0. The molecule has 2 nitrogen and oxygen atoms in total. The molecule has 0 aliphatic heterocycles. The van der Waals surface area contributed by atoms with Crippen LogP contribution in [0.15, 0.2) is 0 Å². The van der Waals surface area contributed by atoms with E-state index in [0.717, 1.165) is 45.2 Å². The van der Waals surface area contributed by atoms with Crippen LogP contribution in [0.5, 0.6) is 0 Å². The van der Waals surface area contributed by atoms with Crippen molar-refractivity contribution in [3.05, 3.63) is 0 Å². The zero-order valence-corrected chi connectivity index (χ0v) is 10.4. The van der Waals surface area contributed by atoms with E-state index in [1.807, 2.05) is 0 Å². The van der Waals surface area contributed by atoms with Crippen LogP contribution in [0.25, 0.3) is 0 Å². The molecule has 0 aliphatic rings. The van der Waals surface area contributed by atoms with E-state index in [4.69, 9.17) is 4.52 Å². The molecule has 0 amide bonds. The van der Waals surface area contributed by atoms with Crippen molar-refractivity contribution >= 4 is 7.68 Å². The van der Waals surface area contributed by atoms with Crippen molar-refractivity contribution < 1.29 is 13.3 Å². The fraction of sp³-hybridized carbons (Fsp3) is 1.00. The highest BCUT2D eigenvalue weighted by atomic mass is 31.2. The summed E-state index contributed by atoms with van der Waals surface area (Å²) in [5.74, 6) is 0. The standard InChI is InChI=1S/C10H22FO2P/c1-4-6-8-10(9-7-5-2)13-14(3,11)12/h10H,4-9H2,1-3H3. The maximum atomic E-state index is 12.8. The first-order valence-corrected chi connectivity index (χ1v) is 7.41. The molecule has 0 N–H and O–H groups in total. The predicted molar refractivity (Wildman–Crippen MR) is 58.6 cm³/mol. The van der Waals surface area contributed by atoms with Gasteiger partial charge in [0.1, 0.15) is 0 Å². The van der Waals surface area contributed by atoms with Crippen molar-refractivity contribution in [2.45, 2.75) is 58.5 Å². The molecule has 0 rings (SSSR count). The summed E-state index contributed by atoms with van der Waals surface area (Å²) < 4.78 is 28.6. The van der Waals surface area contributed by atoms with E-state index in [2.05, 4.69) is 13.8 Å². The Hall–Kier alpha value is 0.120. The van der Waals surface area contributed by atoms with Gasteiger partial charge in [-0.3, -0.25) is 4.57 Å².